The summed E-state index contributed by atoms with van der Waals surface area (Å²) in [6, 6.07) is 20.2. The summed E-state index contributed by atoms with van der Waals surface area (Å²) in [5, 5.41) is 0. The standard InChI is InChI=1S/C26H26BNO3/c1-5-28(6-2)18-12-13-21-24(16-18)30-23-14-11-17(27(3)4)15-22(23)26(21)20-10-8-7-9-19(20)25(29)31-26/h7-16H,5-6H2,1-4H3. The summed E-state index contributed by atoms with van der Waals surface area (Å²) >= 11 is 0. The van der Waals surface area contributed by atoms with Gasteiger partial charge in [-0.1, -0.05) is 49.4 Å². The average molecular weight is 411 g/mol. The van der Waals surface area contributed by atoms with E-state index in [1.54, 1.807) is 0 Å². The Labute approximate surface area is 183 Å². The molecule has 0 saturated heterocycles. The first-order valence-electron chi connectivity index (χ1n) is 11.0. The first-order valence-corrected chi connectivity index (χ1v) is 11.0. The van der Waals surface area contributed by atoms with Gasteiger partial charge in [0, 0.05) is 41.5 Å². The molecule has 3 aromatic carbocycles. The molecule has 1 unspecified atom stereocenters. The minimum absolute atomic E-state index is 0.294. The van der Waals surface area contributed by atoms with Crippen LogP contribution in [0.25, 0.3) is 0 Å². The van der Waals surface area contributed by atoms with Crippen molar-refractivity contribution in [2.24, 2.45) is 0 Å². The van der Waals surface area contributed by atoms with E-state index in [0.717, 1.165) is 47.0 Å². The van der Waals surface area contributed by atoms with Gasteiger partial charge in [-0.3, -0.25) is 0 Å². The third-order valence-corrected chi connectivity index (χ3v) is 6.51. The van der Waals surface area contributed by atoms with E-state index >= 15 is 0 Å². The summed E-state index contributed by atoms with van der Waals surface area (Å²) in [5.74, 6) is 1.17. The Morgan fingerprint density at radius 2 is 1.65 bits per heavy atom. The van der Waals surface area contributed by atoms with Crippen molar-refractivity contribution in [2.75, 3.05) is 18.0 Å². The second kappa shape index (κ2) is 7.19. The summed E-state index contributed by atoms with van der Waals surface area (Å²) in [5.41, 5.74) is 4.54. The number of hydrogen-bond acceptors (Lipinski definition) is 4. The monoisotopic (exact) mass is 411 g/mol. The van der Waals surface area contributed by atoms with Gasteiger partial charge in [0.05, 0.1) is 5.56 Å². The fourth-order valence-corrected chi connectivity index (χ4v) is 4.82. The molecular weight excluding hydrogens is 385 g/mol. The van der Waals surface area contributed by atoms with E-state index in [1.165, 1.54) is 5.46 Å². The Hall–Kier alpha value is -3.21. The molecule has 2 aliphatic rings. The lowest BCUT2D eigenvalue weighted by atomic mass is 9.49. The van der Waals surface area contributed by atoms with E-state index in [1.807, 2.05) is 30.3 Å². The molecule has 31 heavy (non-hydrogen) atoms. The zero-order chi connectivity index (χ0) is 21.8. The second-order valence-corrected chi connectivity index (χ2v) is 8.48. The normalized spacial score (nSPS) is 18.0. The fraction of sp³-hybridized carbons (Fsp3) is 0.269. The number of fused-ring (bicyclic) bond motifs is 6. The Kier molecular flexibility index (Phi) is 4.58. The van der Waals surface area contributed by atoms with Crippen LogP contribution in [0.5, 0.6) is 11.5 Å². The molecule has 3 aromatic rings. The topological polar surface area (TPSA) is 38.8 Å². The maximum Gasteiger partial charge on any atom is 0.340 e. The number of carbonyl (C=O) groups excluding carboxylic acids is 1. The minimum Gasteiger partial charge on any atom is -0.456 e. The number of esters is 1. The van der Waals surface area contributed by atoms with Gasteiger partial charge in [-0.2, -0.15) is 0 Å². The largest absolute Gasteiger partial charge is 0.456 e. The predicted molar refractivity (Wildman–Crippen MR) is 125 cm³/mol. The molecule has 5 rings (SSSR count). The van der Waals surface area contributed by atoms with Gasteiger partial charge in [-0.25, -0.2) is 4.79 Å². The van der Waals surface area contributed by atoms with E-state index in [4.69, 9.17) is 9.47 Å². The van der Waals surface area contributed by atoms with Gasteiger partial charge in [0.2, 0.25) is 0 Å². The van der Waals surface area contributed by atoms with E-state index in [-0.39, 0.29) is 5.97 Å². The summed E-state index contributed by atoms with van der Waals surface area (Å²) < 4.78 is 12.7. The first kappa shape index (κ1) is 19.7. The van der Waals surface area contributed by atoms with Crippen molar-refractivity contribution in [3.05, 3.63) is 82.9 Å². The molecule has 2 heterocycles. The lowest BCUT2D eigenvalue weighted by Crippen LogP contribution is -2.35. The number of nitrogens with zero attached hydrogens (tertiary/aromatic N) is 1. The highest BCUT2D eigenvalue weighted by Gasteiger charge is 2.53. The van der Waals surface area contributed by atoms with Gasteiger partial charge in [0.1, 0.15) is 11.5 Å². The van der Waals surface area contributed by atoms with Gasteiger partial charge in [-0.15, -0.1) is 0 Å². The SMILES string of the molecule is CCN(CC)c1ccc2c(c1)Oc1ccc(B(C)C)cc1C21OC(=O)c2ccccc21. The van der Waals surface area contributed by atoms with Crippen LogP contribution < -0.4 is 15.1 Å². The molecule has 0 amide bonds. The van der Waals surface area contributed by atoms with Crippen molar-refractivity contribution in [1.82, 2.24) is 0 Å². The number of ether oxygens (including phenoxy) is 2. The highest BCUT2D eigenvalue weighted by atomic mass is 16.6. The average Bonchev–Trinajstić information content (AvgIpc) is 3.08. The Balaban J connectivity index is 1.80. The van der Waals surface area contributed by atoms with Crippen molar-refractivity contribution in [3.8, 4) is 11.5 Å². The number of carbonyl (C=O) groups is 1. The van der Waals surface area contributed by atoms with Crippen LogP contribution >= 0.6 is 0 Å². The fourth-order valence-electron chi connectivity index (χ4n) is 4.82. The number of hydrogen-bond donors (Lipinski definition) is 0. The van der Waals surface area contributed by atoms with Crippen molar-refractivity contribution in [1.29, 1.82) is 0 Å². The molecule has 5 heteroatoms. The molecule has 156 valence electrons. The summed E-state index contributed by atoms with van der Waals surface area (Å²) in [6.07, 6.45) is 0. The predicted octanol–water partition coefficient (Wildman–Crippen LogP) is 5.06. The molecule has 0 bridgehead atoms. The van der Waals surface area contributed by atoms with E-state index in [9.17, 15) is 4.79 Å². The smallest absolute Gasteiger partial charge is 0.340 e. The molecule has 0 aromatic heterocycles. The molecule has 0 N–H and O–H groups in total. The Morgan fingerprint density at radius 1 is 0.871 bits per heavy atom. The van der Waals surface area contributed by atoms with Crippen LogP contribution in [0.15, 0.2) is 60.7 Å². The van der Waals surface area contributed by atoms with Gasteiger partial charge in [-0.05, 0) is 38.1 Å². The van der Waals surface area contributed by atoms with Crippen molar-refractivity contribution < 1.29 is 14.3 Å². The summed E-state index contributed by atoms with van der Waals surface area (Å²) in [4.78, 5) is 15.3. The van der Waals surface area contributed by atoms with Crippen LogP contribution in [0, 0.1) is 0 Å². The third-order valence-electron chi connectivity index (χ3n) is 6.51. The maximum absolute atomic E-state index is 13.0. The third kappa shape index (κ3) is 2.79. The zero-order valence-electron chi connectivity index (χ0n) is 18.4. The first-order chi connectivity index (χ1) is 15.0. The molecule has 4 nitrogen and oxygen atoms in total. The number of rotatable bonds is 4. The molecular formula is C26H26BNO3. The Bertz CT molecular complexity index is 1190. The highest BCUT2D eigenvalue weighted by Crippen LogP contribution is 2.56. The maximum atomic E-state index is 13.0. The lowest BCUT2D eigenvalue weighted by molar-refractivity contribution is 0.0224. The van der Waals surface area contributed by atoms with Crippen LogP contribution in [0.1, 0.15) is 40.9 Å². The molecule has 0 aliphatic carbocycles. The minimum atomic E-state index is -0.997. The number of anilines is 1. The van der Waals surface area contributed by atoms with Crippen LogP contribution in [0.4, 0.5) is 5.69 Å². The molecule has 0 saturated carbocycles. The number of benzene rings is 3. The molecule has 1 spiro atoms. The summed E-state index contributed by atoms with van der Waals surface area (Å²) in [6.45, 7) is 10.8. The van der Waals surface area contributed by atoms with E-state index in [2.05, 4.69) is 62.7 Å². The van der Waals surface area contributed by atoms with Crippen LogP contribution in [0.3, 0.4) is 0 Å². The van der Waals surface area contributed by atoms with Crippen molar-refractivity contribution in [2.45, 2.75) is 33.1 Å². The van der Waals surface area contributed by atoms with Crippen molar-refractivity contribution in [3.63, 3.8) is 0 Å². The van der Waals surface area contributed by atoms with Crippen LogP contribution in [-0.4, -0.2) is 25.8 Å². The molecule has 1 atom stereocenters. The van der Waals surface area contributed by atoms with Gasteiger partial charge in [0.15, 0.2) is 12.3 Å². The quantitative estimate of drug-likeness (QED) is 0.444. The van der Waals surface area contributed by atoms with E-state index < -0.39 is 5.60 Å². The summed E-state index contributed by atoms with van der Waals surface area (Å²) in [7, 11) is 0. The van der Waals surface area contributed by atoms with Crippen molar-refractivity contribution >= 4 is 23.8 Å². The van der Waals surface area contributed by atoms with Gasteiger partial charge in [0.25, 0.3) is 0 Å². The zero-order valence-corrected chi connectivity index (χ0v) is 18.4. The second-order valence-electron chi connectivity index (χ2n) is 8.48. The molecule has 2 aliphatic heterocycles. The lowest BCUT2D eigenvalue weighted by Gasteiger charge is -2.37. The van der Waals surface area contributed by atoms with Crippen LogP contribution in [0.2, 0.25) is 13.6 Å². The van der Waals surface area contributed by atoms with E-state index in [0.29, 0.717) is 12.3 Å². The Morgan fingerprint density at radius 3 is 2.39 bits per heavy atom. The van der Waals surface area contributed by atoms with Gasteiger partial charge < -0.3 is 14.4 Å². The highest BCUT2D eigenvalue weighted by molar-refractivity contribution is 6.70. The van der Waals surface area contributed by atoms with Gasteiger partial charge >= 0.3 is 5.97 Å². The van der Waals surface area contributed by atoms with Crippen LogP contribution in [-0.2, 0) is 10.3 Å². The molecule has 0 fully saturated rings. The molecule has 0 radical (unpaired) electrons.